The molecule has 1 saturated heterocycles. The van der Waals surface area contributed by atoms with Crippen molar-refractivity contribution in [3.05, 3.63) is 36.5 Å². The minimum atomic E-state index is -0.960. The molecule has 0 aliphatic carbocycles. The summed E-state index contributed by atoms with van der Waals surface area (Å²) in [5, 5.41) is 13.2. The molecule has 1 aliphatic rings. The average molecular weight is 301 g/mol. The summed E-state index contributed by atoms with van der Waals surface area (Å²) in [6.07, 6.45) is 6.49. The van der Waals surface area contributed by atoms with Crippen LogP contribution in [0.1, 0.15) is 29.6 Å². The van der Waals surface area contributed by atoms with Gasteiger partial charge in [-0.3, -0.25) is 4.79 Å². The van der Waals surface area contributed by atoms with Crippen LogP contribution in [0.15, 0.2) is 31.0 Å². The van der Waals surface area contributed by atoms with E-state index in [0.29, 0.717) is 24.3 Å². The molecule has 0 spiro atoms. The van der Waals surface area contributed by atoms with E-state index in [1.54, 1.807) is 12.1 Å². The Morgan fingerprint density at radius 3 is 2.91 bits per heavy atom. The highest BCUT2D eigenvalue weighted by atomic mass is 16.4. The van der Waals surface area contributed by atoms with Crippen molar-refractivity contribution < 1.29 is 14.7 Å². The summed E-state index contributed by atoms with van der Waals surface area (Å²) < 4.78 is 1.45. The van der Waals surface area contributed by atoms with E-state index in [-0.39, 0.29) is 5.91 Å². The lowest BCUT2D eigenvalue weighted by atomic mass is 10.0. The number of hydrogen-bond acceptors (Lipinski definition) is 5. The molecule has 114 valence electrons. The van der Waals surface area contributed by atoms with E-state index in [1.807, 2.05) is 0 Å². The molecule has 1 amide bonds. The predicted molar refractivity (Wildman–Crippen MR) is 75.5 cm³/mol. The molecular weight excluding hydrogens is 286 g/mol. The molecule has 2 aromatic heterocycles. The number of hydrogen-bond donors (Lipinski definition) is 1. The monoisotopic (exact) mass is 301 g/mol. The maximum absolute atomic E-state index is 12.6. The summed E-state index contributed by atoms with van der Waals surface area (Å²) in [5.41, 5.74) is 0.397. The first-order chi connectivity index (χ1) is 10.7. The highest BCUT2D eigenvalue weighted by Gasteiger charge is 2.32. The molecular formula is C14H15N5O3. The standard InChI is InChI=1S/C14H15N5O3/c20-13(18-6-2-1-3-11(18)14(21)22)10-4-5-16-12(7-10)19-9-15-8-17-19/h4-5,7-9,11H,1-3,6H2,(H,21,22). The number of aliphatic carboxylic acids is 1. The molecule has 3 rings (SSSR count). The molecule has 3 heterocycles. The minimum Gasteiger partial charge on any atom is -0.480 e. The van der Waals surface area contributed by atoms with E-state index in [0.717, 1.165) is 12.8 Å². The minimum absolute atomic E-state index is 0.295. The van der Waals surface area contributed by atoms with Gasteiger partial charge in [0.05, 0.1) is 0 Å². The second-order valence-corrected chi connectivity index (χ2v) is 5.09. The quantitative estimate of drug-likeness (QED) is 0.897. The number of aromatic nitrogens is 4. The van der Waals surface area contributed by atoms with E-state index in [2.05, 4.69) is 15.1 Å². The zero-order valence-corrected chi connectivity index (χ0v) is 11.8. The second kappa shape index (κ2) is 5.92. The van der Waals surface area contributed by atoms with Crippen molar-refractivity contribution >= 4 is 11.9 Å². The Hall–Kier alpha value is -2.77. The second-order valence-electron chi connectivity index (χ2n) is 5.09. The summed E-state index contributed by atoms with van der Waals surface area (Å²) >= 11 is 0. The Kier molecular flexibility index (Phi) is 3.82. The van der Waals surface area contributed by atoms with Gasteiger partial charge in [0, 0.05) is 18.3 Å². The maximum atomic E-state index is 12.6. The number of pyridine rings is 1. The van der Waals surface area contributed by atoms with Crippen molar-refractivity contribution in [1.29, 1.82) is 0 Å². The van der Waals surface area contributed by atoms with Gasteiger partial charge in [-0.05, 0) is 31.4 Å². The fourth-order valence-corrected chi connectivity index (χ4v) is 2.60. The van der Waals surface area contributed by atoms with Gasteiger partial charge in [-0.2, -0.15) is 5.10 Å². The smallest absolute Gasteiger partial charge is 0.326 e. The van der Waals surface area contributed by atoms with Crippen molar-refractivity contribution in [1.82, 2.24) is 24.6 Å². The largest absolute Gasteiger partial charge is 0.480 e. The van der Waals surface area contributed by atoms with Crippen molar-refractivity contribution in [2.24, 2.45) is 0 Å². The van der Waals surface area contributed by atoms with Gasteiger partial charge in [0.1, 0.15) is 18.7 Å². The summed E-state index contributed by atoms with van der Waals surface area (Å²) in [7, 11) is 0. The Bertz CT molecular complexity index is 686. The molecule has 1 aliphatic heterocycles. The van der Waals surface area contributed by atoms with Crippen LogP contribution >= 0.6 is 0 Å². The van der Waals surface area contributed by atoms with Crippen molar-refractivity contribution in [2.45, 2.75) is 25.3 Å². The molecule has 1 fully saturated rings. The molecule has 0 radical (unpaired) electrons. The van der Waals surface area contributed by atoms with Gasteiger partial charge in [0.2, 0.25) is 0 Å². The number of likely N-dealkylation sites (tertiary alicyclic amines) is 1. The fourth-order valence-electron chi connectivity index (χ4n) is 2.60. The first kappa shape index (κ1) is 14.2. The summed E-state index contributed by atoms with van der Waals surface area (Å²) in [6, 6.07) is 2.41. The Morgan fingerprint density at radius 1 is 1.32 bits per heavy atom. The van der Waals surface area contributed by atoms with Crippen molar-refractivity contribution in [3.63, 3.8) is 0 Å². The molecule has 2 aromatic rings. The number of carboxylic acid groups (broad SMARTS) is 1. The zero-order valence-electron chi connectivity index (χ0n) is 11.8. The van der Waals surface area contributed by atoms with Crippen molar-refractivity contribution in [2.75, 3.05) is 6.54 Å². The molecule has 8 nitrogen and oxygen atoms in total. The van der Waals surface area contributed by atoms with Gasteiger partial charge in [0.25, 0.3) is 5.91 Å². The lowest BCUT2D eigenvalue weighted by Gasteiger charge is -2.33. The highest BCUT2D eigenvalue weighted by molar-refractivity contribution is 5.97. The van der Waals surface area contributed by atoms with Gasteiger partial charge < -0.3 is 10.0 Å². The number of carboxylic acids is 1. The van der Waals surface area contributed by atoms with Crippen LogP contribution in [0.5, 0.6) is 0 Å². The number of nitrogens with zero attached hydrogens (tertiary/aromatic N) is 5. The lowest BCUT2D eigenvalue weighted by Crippen LogP contribution is -2.48. The average Bonchev–Trinajstić information content (AvgIpc) is 3.09. The van der Waals surface area contributed by atoms with Crippen LogP contribution in [-0.4, -0.2) is 54.2 Å². The van der Waals surface area contributed by atoms with E-state index in [4.69, 9.17) is 0 Å². The molecule has 8 heteroatoms. The van der Waals surface area contributed by atoms with Crippen LogP contribution in [0, 0.1) is 0 Å². The molecule has 0 bridgehead atoms. The molecule has 1 unspecified atom stereocenters. The summed E-state index contributed by atoms with van der Waals surface area (Å²) in [4.78, 5) is 33.3. The molecule has 1 atom stereocenters. The van der Waals surface area contributed by atoms with Crippen LogP contribution in [0.4, 0.5) is 0 Å². The Labute approximate surface area is 126 Å². The molecule has 22 heavy (non-hydrogen) atoms. The Morgan fingerprint density at radius 2 is 2.18 bits per heavy atom. The van der Waals surface area contributed by atoms with Gasteiger partial charge >= 0.3 is 5.97 Å². The third-order valence-corrected chi connectivity index (χ3v) is 3.69. The van der Waals surface area contributed by atoms with Crippen LogP contribution in [-0.2, 0) is 4.79 Å². The summed E-state index contributed by atoms with van der Waals surface area (Å²) in [6.45, 7) is 0.455. The van der Waals surface area contributed by atoms with Crippen LogP contribution in [0.2, 0.25) is 0 Å². The normalized spacial score (nSPS) is 18.2. The number of carbonyl (C=O) groups is 2. The van der Waals surface area contributed by atoms with Gasteiger partial charge in [-0.25, -0.2) is 19.4 Å². The Balaban J connectivity index is 1.88. The first-order valence-electron chi connectivity index (χ1n) is 7.01. The molecule has 0 aromatic carbocycles. The maximum Gasteiger partial charge on any atom is 0.326 e. The fraction of sp³-hybridized carbons (Fsp3) is 0.357. The van der Waals surface area contributed by atoms with E-state index < -0.39 is 12.0 Å². The first-order valence-corrected chi connectivity index (χ1v) is 7.01. The van der Waals surface area contributed by atoms with Gasteiger partial charge in [0.15, 0.2) is 5.82 Å². The SMILES string of the molecule is O=C(O)C1CCCCN1C(=O)c1ccnc(-n2cncn2)c1. The zero-order chi connectivity index (χ0) is 15.5. The third-order valence-electron chi connectivity index (χ3n) is 3.69. The van der Waals surface area contributed by atoms with E-state index >= 15 is 0 Å². The lowest BCUT2D eigenvalue weighted by molar-refractivity contribution is -0.143. The summed E-state index contributed by atoms with van der Waals surface area (Å²) in [5.74, 6) is -0.790. The highest BCUT2D eigenvalue weighted by Crippen LogP contribution is 2.20. The van der Waals surface area contributed by atoms with E-state index in [9.17, 15) is 14.7 Å². The van der Waals surface area contributed by atoms with Gasteiger partial charge in [-0.15, -0.1) is 0 Å². The molecule has 0 saturated carbocycles. The topological polar surface area (TPSA) is 101 Å². The number of carbonyl (C=O) groups excluding carboxylic acids is 1. The number of rotatable bonds is 3. The number of amides is 1. The van der Waals surface area contributed by atoms with Crippen LogP contribution in [0.25, 0.3) is 5.82 Å². The number of piperidine rings is 1. The molecule has 1 N–H and O–H groups in total. The predicted octanol–water partition coefficient (Wildman–Crippen LogP) is 0.742. The van der Waals surface area contributed by atoms with Crippen LogP contribution in [0.3, 0.4) is 0 Å². The van der Waals surface area contributed by atoms with Crippen LogP contribution < -0.4 is 0 Å². The van der Waals surface area contributed by atoms with E-state index in [1.165, 1.54) is 28.4 Å². The third kappa shape index (κ3) is 2.67. The van der Waals surface area contributed by atoms with Gasteiger partial charge in [-0.1, -0.05) is 0 Å². The van der Waals surface area contributed by atoms with Crippen molar-refractivity contribution in [3.8, 4) is 5.82 Å².